The molecule has 0 unspecified atom stereocenters. The molecule has 1 aromatic heterocycles. The van der Waals surface area contributed by atoms with Crippen molar-refractivity contribution in [3.05, 3.63) is 39.9 Å². The summed E-state index contributed by atoms with van der Waals surface area (Å²) in [6, 6.07) is 2.66. The third-order valence-corrected chi connectivity index (χ3v) is 3.90. The number of aromatic carboxylic acids is 1. The van der Waals surface area contributed by atoms with Crippen LogP contribution in [-0.4, -0.2) is 49.1 Å². The molecule has 23 heavy (non-hydrogen) atoms. The molecule has 122 valence electrons. The Morgan fingerprint density at radius 2 is 2.04 bits per heavy atom. The van der Waals surface area contributed by atoms with Gasteiger partial charge in [0.2, 0.25) is 5.43 Å². The Labute approximate surface area is 130 Å². The van der Waals surface area contributed by atoms with E-state index in [1.807, 2.05) is 4.90 Å². The van der Waals surface area contributed by atoms with Crippen molar-refractivity contribution in [2.24, 2.45) is 0 Å². The molecular formula is C15H16FN3O4. The first-order chi connectivity index (χ1) is 11.0. The molecule has 0 radical (unpaired) electrons. The molecule has 1 aromatic carbocycles. The molecule has 7 nitrogen and oxygen atoms in total. The number of benzene rings is 1. The molecule has 0 aliphatic carbocycles. The predicted molar refractivity (Wildman–Crippen MR) is 83.4 cm³/mol. The van der Waals surface area contributed by atoms with Crippen LogP contribution in [0.3, 0.4) is 0 Å². The number of nitrogens with one attached hydrogen (secondary N) is 1. The van der Waals surface area contributed by atoms with Crippen LogP contribution in [0.25, 0.3) is 10.9 Å². The lowest BCUT2D eigenvalue weighted by molar-refractivity contribution is 0.0695. The first-order valence-electron chi connectivity index (χ1n) is 7.15. The Morgan fingerprint density at radius 1 is 1.35 bits per heavy atom. The minimum absolute atomic E-state index is 0.0220. The summed E-state index contributed by atoms with van der Waals surface area (Å²) >= 11 is 0. The second kappa shape index (κ2) is 5.88. The molecular weight excluding hydrogens is 305 g/mol. The van der Waals surface area contributed by atoms with Gasteiger partial charge in [0.25, 0.3) is 0 Å². The third-order valence-electron chi connectivity index (χ3n) is 3.90. The molecule has 0 spiro atoms. The average Bonchev–Trinajstić information content (AvgIpc) is 2.55. The van der Waals surface area contributed by atoms with Gasteiger partial charge in [-0.05, 0) is 12.1 Å². The quantitative estimate of drug-likeness (QED) is 0.872. The van der Waals surface area contributed by atoms with Gasteiger partial charge < -0.3 is 20.2 Å². The number of carboxylic acids is 1. The SMILES string of the molecule is CNn1cc(C(=O)O)c(=O)c2cc(F)c(N3CCOCC3)cc21. The number of halogens is 1. The van der Waals surface area contributed by atoms with Crippen LogP contribution < -0.4 is 15.8 Å². The van der Waals surface area contributed by atoms with E-state index in [1.165, 1.54) is 10.9 Å². The fraction of sp³-hybridized carbons (Fsp3) is 0.333. The van der Waals surface area contributed by atoms with Gasteiger partial charge in [-0.3, -0.25) is 9.47 Å². The third kappa shape index (κ3) is 2.61. The summed E-state index contributed by atoms with van der Waals surface area (Å²) in [7, 11) is 1.59. The van der Waals surface area contributed by atoms with Crippen molar-refractivity contribution in [2.45, 2.75) is 0 Å². The van der Waals surface area contributed by atoms with Crippen LogP contribution in [0.1, 0.15) is 10.4 Å². The summed E-state index contributed by atoms with van der Waals surface area (Å²) < 4.78 is 21.1. The Balaban J connectivity index is 2.24. The van der Waals surface area contributed by atoms with Crippen molar-refractivity contribution in [3.8, 4) is 0 Å². The number of aromatic nitrogens is 1. The van der Waals surface area contributed by atoms with E-state index in [9.17, 15) is 14.0 Å². The molecule has 1 aliphatic rings. The molecule has 3 rings (SSSR count). The fourth-order valence-corrected chi connectivity index (χ4v) is 2.72. The summed E-state index contributed by atoms with van der Waals surface area (Å²) in [6.45, 7) is 2.13. The van der Waals surface area contributed by atoms with Crippen molar-refractivity contribution >= 4 is 22.6 Å². The molecule has 1 aliphatic heterocycles. The molecule has 0 bridgehead atoms. The number of rotatable bonds is 3. The number of carbonyl (C=O) groups is 1. The molecule has 0 atom stereocenters. The second-order valence-electron chi connectivity index (χ2n) is 5.19. The monoisotopic (exact) mass is 321 g/mol. The van der Waals surface area contributed by atoms with Gasteiger partial charge in [-0.1, -0.05) is 0 Å². The number of ether oxygens (including phenoxy) is 1. The Hall–Kier alpha value is -2.61. The minimum Gasteiger partial charge on any atom is -0.477 e. The molecule has 0 amide bonds. The molecule has 1 saturated heterocycles. The zero-order valence-electron chi connectivity index (χ0n) is 12.5. The predicted octanol–water partition coefficient (Wildman–Crippen LogP) is 0.849. The van der Waals surface area contributed by atoms with E-state index < -0.39 is 22.8 Å². The molecule has 2 heterocycles. The maximum Gasteiger partial charge on any atom is 0.341 e. The van der Waals surface area contributed by atoms with Crippen LogP contribution >= 0.6 is 0 Å². The average molecular weight is 321 g/mol. The van der Waals surface area contributed by atoms with Crippen LogP contribution in [0.2, 0.25) is 0 Å². The van der Waals surface area contributed by atoms with E-state index in [2.05, 4.69) is 5.43 Å². The van der Waals surface area contributed by atoms with Crippen molar-refractivity contribution < 1.29 is 19.0 Å². The number of hydrogen-bond acceptors (Lipinski definition) is 5. The topological polar surface area (TPSA) is 83.8 Å². The summed E-state index contributed by atoms with van der Waals surface area (Å²) in [5, 5.41) is 9.14. The Bertz CT molecular complexity index is 828. The van der Waals surface area contributed by atoms with E-state index in [4.69, 9.17) is 9.84 Å². The lowest BCUT2D eigenvalue weighted by atomic mass is 10.1. The number of nitrogens with zero attached hydrogens (tertiary/aromatic N) is 2. The highest BCUT2D eigenvalue weighted by molar-refractivity contribution is 5.93. The minimum atomic E-state index is -1.35. The smallest absolute Gasteiger partial charge is 0.341 e. The Morgan fingerprint density at radius 3 is 2.65 bits per heavy atom. The number of hydrogen-bond donors (Lipinski definition) is 2. The van der Waals surface area contributed by atoms with Crippen molar-refractivity contribution in [1.82, 2.24) is 4.68 Å². The van der Waals surface area contributed by atoms with E-state index in [1.54, 1.807) is 13.1 Å². The summed E-state index contributed by atoms with van der Waals surface area (Å²) in [6.07, 6.45) is 1.20. The lowest BCUT2D eigenvalue weighted by Crippen LogP contribution is -2.37. The molecule has 2 N–H and O–H groups in total. The van der Waals surface area contributed by atoms with Crippen LogP contribution in [0, 0.1) is 5.82 Å². The molecule has 8 heteroatoms. The molecule has 2 aromatic rings. The second-order valence-corrected chi connectivity index (χ2v) is 5.19. The Kier molecular flexibility index (Phi) is 3.91. The maximum absolute atomic E-state index is 14.5. The van der Waals surface area contributed by atoms with Crippen molar-refractivity contribution in [2.75, 3.05) is 43.7 Å². The summed E-state index contributed by atoms with van der Waals surface area (Å²) in [4.78, 5) is 25.3. The normalized spacial score (nSPS) is 15.0. The molecule has 0 saturated carbocycles. The highest BCUT2D eigenvalue weighted by Crippen LogP contribution is 2.25. The van der Waals surface area contributed by atoms with Crippen LogP contribution in [0.15, 0.2) is 23.1 Å². The number of pyridine rings is 1. The van der Waals surface area contributed by atoms with Crippen molar-refractivity contribution in [1.29, 1.82) is 0 Å². The zero-order chi connectivity index (χ0) is 16.6. The number of morpholine rings is 1. The molecule has 1 fully saturated rings. The van der Waals surface area contributed by atoms with E-state index in [0.29, 0.717) is 37.5 Å². The largest absolute Gasteiger partial charge is 0.477 e. The number of carboxylic acid groups (broad SMARTS) is 1. The standard InChI is InChI=1S/C15H16FN3O4/c1-17-19-8-10(15(21)22)14(20)9-6-11(16)13(7-12(9)19)18-2-4-23-5-3-18/h6-8,17H,2-5H2,1H3,(H,21,22). The fourth-order valence-electron chi connectivity index (χ4n) is 2.72. The van der Waals surface area contributed by atoms with E-state index in [0.717, 1.165) is 6.07 Å². The van der Waals surface area contributed by atoms with E-state index in [-0.39, 0.29) is 5.39 Å². The van der Waals surface area contributed by atoms with Crippen LogP contribution in [0.4, 0.5) is 10.1 Å². The van der Waals surface area contributed by atoms with Crippen LogP contribution in [0.5, 0.6) is 0 Å². The highest BCUT2D eigenvalue weighted by Gasteiger charge is 2.20. The van der Waals surface area contributed by atoms with Gasteiger partial charge in [0.1, 0.15) is 11.4 Å². The first-order valence-corrected chi connectivity index (χ1v) is 7.15. The van der Waals surface area contributed by atoms with Crippen molar-refractivity contribution in [3.63, 3.8) is 0 Å². The van der Waals surface area contributed by atoms with E-state index >= 15 is 0 Å². The number of anilines is 1. The summed E-state index contributed by atoms with van der Waals surface area (Å²) in [5.41, 5.74) is 2.47. The highest BCUT2D eigenvalue weighted by atomic mass is 19.1. The number of fused-ring (bicyclic) bond motifs is 1. The summed E-state index contributed by atoms with van der Waals surface area (Å²) in [5.74, 6) is -1.90. The first kappa shape index (κ1) is 15.3. The van der Waals surface area contributed by atoms with Gasteiger partial charge in [0.05, 0.1) is 29.8 Å². The zero-order valence-corrected chi connectivity index (χ0v) is 12.5. The van der Waals surface area contributed by atoms with Gasteiger partial charge in [-0.2, -0.15) is 0 Å². The van der Waals surface area contributed by atoms with Gasteiger partial charge in [-0.15, -0.1) is 0 Å². The van der Waals surface area contributed by atoms with Gasteiger partial charge >= 0.3 is 5.97 Å². The van der Waals surface area contributed by atoms with Gasteiger partial charge in [-0.25, -0.2) is 9.18 Å². The van der Waals surface area contributed by atoms with Gasteiger partial charge in [0, 0.05) is 26.3 Å². The van der Waals surface area contributed by atoms with Crippen LogP contribution in [-0.2, 0) is 4.74 Å². The van der Waals surface area contributed by atoms with Gasteiger partial charge in [0.15, 0.2) is 0 Å². The maximum atomic E-state index is 14.5. The lowest BCUT2D eigenvalue weighted by Gasteiger charge is -2.29.